The largest absolute Gasteiger partial charge is 0.486 e. The van der Waals surface area contributed by atoms with E-state index in [1.165, 1.54) is 0 Å². The lowest BCUT2D eigenvalue weighted by atomic mass is 9.89. The average Bonchev–Trinajstić information content (AvgIpc) is 2.95. The first-order valence-corrected chi connectivity index (χ1v) is 7.55. The molecule has 122 valence electrons. The number of hydrogen-bond donors (Lipinski definition) is 2. The predicted molar refractivity (Wildman–Crippen MR) is 87.0 cm³/mol. The van der Waals surface area contributed by atoms with Gasteiger partial charge in [0.05, 0.1) is 5.41 Å². The Balaban J connectivity index is 0.00000176. The Bertz CT molecular complexity index is 530. The summed E-state index contributed by atoms with van der Waals surface area (Å²) in [7, 11) is 0. The predicted octanol–water partition coefficient (Wildman–Crippen LogP) is 1.54. The topological polar surface area (TPSA) is 59.6 Å². The van der Waals surface area contributed by atoms with E-state index in [9.17, 15) is 4.79 Å². The number of halogens is 1. The number of carbonyl (C=O) groups is 1. The molecule has 0 bridgehead atoms. The summed E-state index contributed by atoms with van der Waals surface area (Å²) in [6.07, 6.45) is 1.70. The Kier molecular flexibility index (Phi) is 5.53. The molecule has 5 nitrogen and oxygen atoms in total. The van der Waals surface area contributed by atoms with Gasteiger partial charge in [0.15, 0.2) is 11.5 Å². The fraction of sp³-hybridized carbons (Fsp3) is 0.562. The van der Waals surface area contributed by atoms with E-state index >= 15 is 0 Å². The van der Waals surface area contributed by atoms with Crippen LogP contribution in [0.1, 0.15) is 18.9 Å². The first-order chi connectivity index (χ1) is 10.2. The van der Waals surface area contributed by atoms with Crippen molar-refractivity contribution in [3.63, 3.8) is 0 Å². The quantitative estimate of drug-likeness (QED) is 0.881. The van der Waals surface area contributed by atoms with Crippen molar-refractivity contribution < 1.29 is 14.3 Å². The van der Waals surface area contributed by atoms with Crippen LogP contribution in [-0.4, -0.2) is 38.8 Å². The zero-order valence-electron chi connectivity index (χ0n) is 12.8. The maximum atomic E-state index is 12.2. The standard InChI is InChI=1S/C16H22N2O3.ClH/c1-16(5-7-17-11-16)15(19)18-6-4-12-2-3-13-14(10-12)21-9-8-20-13;/h2-3,10,17H,4-9,11H2,1H3,(H,18,19);1H. The van der Waals surface area contributed by atoms with E-state index in [0.29, 0.717) is 19.8 Å². The van der Waals surface area contributed by atoms with E-state index < -0.39 is 0 Å². The van der Waals surface area contributed by atoms with Crippen LogP contribution in [0.4, 0.5) is 0 Å². The maximum Gasteiger partial charge on any atom is 0.227 e. The number of amides is 1. The van der Waals surface area contributed by atoms with E-state index in [2.05, 4.69) is 10.6 Å². The molecule has 1 aromatic rings. The lowest BCUT2D eigenvalue weighted by Crippen LogP contribution is -2.41. The van der Waals surface area contributed by atoms with Gasteiger partial charge in [0.2, 0.25) is 5.91 Å². The molecule has 3 rings (SSSR count). The monoisotopic (exact) mass is 326 g/mol. The molecule has 1 fully saturated rings. The van der Waals surface area contributed by atoms with Crippen molar-refractivity contribution in [1.82, 2.24) is 10.6 Å². The molecule has 1 amide bonds. The van der Waals surface area contributed by atoms with E-state index in [0.717, 1.165) is 43.0 Å². The molecule has 0 aliphatic carbocycles. The van der Waals surface area contributed by atoms with Crippen LogP contribution < -0.4 is 20.1 Å². The molecule has 2 heterocycles. The van der Waals surface area contributed by atoms with Crippen molar-refractivity contribution in [2.75, 3.05) is 32.8 Å². The fourth-order valence-electron chi connectivity index (χ4n) is 2.79. The van der Waals surface area contributed by atoms with Crippen molar-refractivity contribution in [3.8, 4) is 11.5 Å². The minimum atomic E-state index is -0.257. The molecule has 1 aromatic carbocycles. The van der Waals surface area contributed by atoms with Crippen molar-refractivity contribution in [2.45, 2.75) is 19.8 Å². The summed E-state index contributed by atoms with van der Waals surface area (Å²) in [5.74, 6) is 1.75. The molecule has 2 aliphatic heterocycles. The van der Waals surface area contributed by atoms with Gasteiger partial charge in [-0.2, -0.15) is 0 Å². The third-order valence-electron chi connectivity index (χ3n) is 4.22. The van der Waals surface area contributed by atoms with Gasteiger partial charge in [-0.15, -0.1) is 12.4 Å². The molecule has 6 heteroatoms. The molecule has 0 saturated carbocycles. The highest BCUT2D eigenvalue weighted by molar-refractivity contribution is 5.85. The van der Waals surface area contributed by atoms with Crippen LogP contribution in [-0.2, 0) is 11.2 Å². The summed E-state index contributed by atoms with van der Waals surface area (Å²) in [5.41, 5.74) is 0.890. The minimum absolute atomic E-state index is 0. The van der Waals surface area contributed by atoms with Gasteiger partial charge >= 0.3 is 0 Å². The van der Waals surface area contributed by atoms with Gasteiger partial charge in [-0.25, -0.2) is 0 Å². The van der Waals surface area contributed by atoms with Crippen LogP contribution in [0.5, 0.6) is 11.5 Å². The third kappa shape index (κ3) is 3.65. The molecule has 2 N–H and O–H groups in total. The summed E-state index contributed by atoms with van der Waals surface area (Å²) in [6.45, 7) is 5.56. The molecule has 0 aromatic heterocycles. The number of carbonyl (C=O) groups excluding carboxylic acids is 1. The first-order valence-electron chi connectivity index (χ1n) is 7.55. The summed E-state index contributed by atoms with van der Waals surface area (Å²) in [4.78, 5) is 12.2. The van der Waals surface area contributed by atoms with Crippen LogP contribution >= 0.6 is 12.4 Å². The summed E-state index contributed by atoms with van der Waals surface area (Å²) < 4.78 is 11.1. The SMILES string of the molecule is CC1(C(=O)NCCc2ccc3c(c2)OCCO3)CCNC1.Cl. The molecular weight excluding hydrogens is 304 g/mol. The number of rotatable bonds is 4. The Labute approximate surface area is 137 Å². The number of fused-ring (bicyclic) bond motifs is 1. The summed E-state index contributed by atoms with van der Waals surface area (Å²) in [6, 6.07) is 5.96. The lowest BCUT2D eigenvalue weighted by molar-refractivity contribution is -0.129. The van der Waals surface area contributed by atoms with Crippen molar-refractivity contribution >= 4 is 18.3 Å². The van der Waals surface area contributed by atoms with Gasteiger partial charge in [-0.05, 0) is 44.0 Å². The summed E-state index contributed by atoms with van der Waals surface area (Å²) in [5, 5.41) is 6.29. The molecule has 1 atom stereocenters. The van der Waals surface area contributed by atoms with Crippen LogP contribution in [0.3, 0.4) is 0 Å². The lowest BCUT2D eigenvalue weighted by Gasteiger charge is -2.22. The second kappa shape index (κ2) is 7.20. The first kappa shape index (κ1) is 16.9. The average molecular weight is 327 g/mol. The van der Waals surface area contributed by atoms with E-state index in [-0.39, 0.29) is 23.7 Å². The highest BCUT2D eigenvalue weighted by Crippen LogP contribution is 2.30. The molecule has 0 radical (unpaired) electrons. The Hall–Kier alpha value is -1.46. The Morgan fingerprint density at radius 2 is 2.09 bits per heavy atom. The molecule has 2 aliphatic rings. The van der Waals surface area contributed by atoms with Gasteiger partial charge in [-0.3, -0.25) is 4.79 Å². The highest BCUT2D eigenvalue weighted by Gasteiger charge is 2.35. The van der Waals surface area contributed by atoms with Gasteiger partial charge < -0.3 is 20.1 Å². The third-order valence-corrected chi connectivity index (χ3v) is 4.22. The van der Waals surface area contributed by atoms with Crippen LogP contribution in [0.2, 0.25) is 0 Å². The van der Waals surface area contributed by atoms with Gasteiger partial charge in [0.1, 0.15) is 13.2 Å². The van der Waals surface area contributed by atoms with Crippen LogP contribution in [0, 0.1) is 5.41 Å². The second-order valence-electron chi connectivity index (χ2n) is 5.97. The Morgan fingerprint density at radius 3 is 2.82 bits per heavy atom. The van der Waals surface area contributed by atoms with E-state index in [1.54, 1.807) is 0 Å². The molecule has 0 spiro atoms. The zero-order chi connectivity index (χ0) is 14.7. The second-order valence-corrected chi connectivity index (χ2v) is 5.97. The molecule has 1 unspecified atom stereocenters. The van der Waals surface area contributed by atoms with Gasteiger partial charge in [-0.1, -0.05) is 6.07 Å². The van der Waals surface area contributed by atoms with Crippen molar-refractivity contribution in [1.29, 1.82) is 0 Å². The molecular formula is C16H23ClN2O3. The minimum Gasteiger partial charge on any atom is -0.486 e. The van der Waals surface area contributed by atoms with E-state index in [4.69, 9.17) is 9.47 Å². The number of ether oxygens (including phenoxy) is 2. The smallest absolute Gasteiger partial charge is 0.227 e. The number of benzene rings is 1. The zero-order valence-corrected chi connectivity index (χ0v) is 13.6. The van der Waals surface area contributed by atoms with E-state index in [1.807, 2.05) is 25.1 Å². The highest BCUT2D eigenvalue weighted by atomic mass is 35.5. The number of hydrogen-bond acceptors (Lipinski definition) is 4. The Morgan fingerprint density at radius 1 is 1.32 bits per heavy atom. The van der Waals surface area contributed by atoms with Crippen molar-refractivity contribution in [3.05, 3.63) is 23.8 Å². The summed E-state index contributed by atoms with van der Waals surface area (Å²) >= 11 is 0. The number of nitrogens with one attached hydrogen (secondary N) is 2. The molecule has 22 heavy (non-hydrogen) atoms. The van der Waals surface area contributed by atoms with Crippen LogP contribution in [0.15, 0.2) is 18.2 Å². The normalized spacial score (nSPS) is 22.8. The van der Waals surface area contributed by atoms with Crippen LogP contribution in [0.25, 0.3) is 0 Å². The van der Waals surface area contributed by atoms with Gasteiger partial charge in [0.25, 0.3) is 0 Å². The molecule has 1 saturated heterocycles. The fourth-order valence-corrected chi connectivity index (χ4v) is 2.79. The maximum absolute atomic E-state index is 12.2. The van der Waals surface area contributed by atoms with Crippen molar-refractivity contribution in [2.24, 2.45) is 5.41 Å². The van der Waals surface area contributed by atoms with Gasteiger partial charge in [0, 0.05) is 13.1 Å².